The molecule has 0 aliphatic heterocycles. The van der Waals surface area contributed by atoms with Crippen molar-refractivity contribution in [2.45, 2.75) is 26.7 Å². The molecular weight excluding hydrogens is 326 g/mol. The van der Waals surface area contributed by atoms with Gasteiger partial charge in [-0.3, -0.25) is 4.79 Å². The molecule has 0 unspecified atom stereocenters. The van der Waals surface area contributed by atoms with Crippen molar-refractivity contribution < 1.29 is 4.79 Å². The van der Waals surface area contributed by atoms with Gasteiger partial charge in [-0.25, -0.2) is 9.50 Å². The van der Waals surface area contributed by atoms with Crippen LogP contribution in [0.4, 0.5) is 5.69 Å². The van der Waals surface area contributed by atoms with Crippen molar-refractivity contribution in [3.63, 3.8) is 0 Å². The zero-order valence-corrected chi connectivity index (χ0v) is 15.0. The second kappa shape index (κ2) is 7.79. The first-order chi connectivity index (χ1) is 12.7. The lowest BCUT2D eigenvalue weighted by atomic mass is 10.1. The fourth-order valence-corrected chi connectivity index (χ4v) is 3.18. The highest BCUT2D eigenvalue weighted by Gasteiger charge is 2.19. The predicted molar refractivity (Wildman–Crippen MR) is 101 cm³/mol. The molecule has 3 rings (SSSR count). The first kappa shape index (κ1) is 17.6. The summed E-state index contributed by atoms with van der Waals surface area (Å²) < 4.78 is 1.70. The molecule has 0 bridgehead atoms. The number of imidazole rings is 1. The normalized spacial score (nSPS) is 10.7. The molecule has 2 aromatic heterocycles. The van der Waals surface area contributed by atoms with Crippen LogP contribution in [-0.2, 0) is 0 Å². The van der Waals surface area contributed by atoms with E-state index < -0.39 is 0 Å². The summed E-state index contributed by atoms with van der Waals surface area (Å²) in [5.74, 6) is 0. The molecule has 0 N–H and O–H groups in total. The molecule has 132 valence electrons. The van der Waals surface area contributed by atoms with Crippen LogP contribution in [-0.4, -0.2) is 34.0 Å². The van der Waals surface area contributed by atoms with Crippen LogP contribution >= 0.6 is 0 Å². The number of carbonyl (C=O) groups is 1. The lowest BCUT2D eigenvalue weighted by molar-refractivity contribution is 0.112. The van der Waals surface area contributed by atoms with Crippen LogP contribution in [0.15, 0.2) is 36.5 Å². The number of fused-ring (bicyclic) bond motifs is 1. The number of anilines is 1. The topological polar surface area (TPSA) is 74.3 Å². The minimum absolute atomic E-state index is 0.327. The number of aromatic nitrogens is 3. The number of benzene rings is 1. The smallest absolute Gasteiger partial charge is 0.178 e. The standard InChI is InChI=1S/C20H21N5O/c1-3-10-24(11-4-2)18-8-9-22-25-19(17(14-26)23-20(18)25)16-7-5-6-15(12-16)13-21/h5-9,12,14H,3-4,10-11H2,1-2H3. The van der Waals surface area contributed by atoms with Gasteiger partial charge in [0.25, 0.3) is 0 Å². The minimum atomic E-state index is 0.327. The van der Waals surface area contributed by atoms with Crippen molar-refractivity contribution in [1.29, 1.82) is 5.26 Å². The van der Waals surface area contributed by atoms with Gasteiger partial charge in [0.2, 0.25) is 0 Å². The average molecular weight is 347 g/mol. The van der Waals surface area contributed by atoms with Crippen LogP contribution < -0.4 is 4.90 Å². The van der Waals surface area contributed by atoms with Crippen LogP contribution in [0, 0.1) is 11.3 Å². The molecule has 0 fully saturated rings. The Balaban J connectivity index is 2.23. The summed E-state index contributed by atoms with van der Waals surface area (Å²) in [4.78, 5) is 18.5. The third-order valence-electron chi connectivity index (χ3n) is 4.23. The highest BCUT2D eigenvalue weighted by atomic mass is 16.1. The second-order valence-electron chi connectivity index (χ2n) is 6.10. The van der Waals surface area contributed by atoms with Gasteiger partial charge in [0, 0.05) is 18.7 Å². The van der Waals surface area contributed by atoms with Gasteiger partial charge in [0.1, 0.15) is 11.4 Å². The summed E-state index contributed by atoms with van der Waals surface area (Å²) >= 11 is 0. The third-order valence-corrected chi connectivity index (χ3v) is 4.23. The molecule has 0 radical (unpaired) electrons. The summed E-state index contributed by atoms with van der Waals surface area (Å²) in [6.45, 7) is 6.11. The van der Waals surface area contributed by atoms with Crippen LogP contribution in [0.2, 0.25) is 0 Å². The Kier molecular flexibility index (Phi) is 5.28. The molecule has 0 amide bonds. The van der Waals surface area contributed by atoms with E-state index in [0.29, 0.717) is 22.6 Å². The van der Waals surface area contributed by atoms with E-state index in [4.69, 9.17) is 0 Å². The van der Waals surface area contributed by atoms with Gasteiger partial charge in [-0.2, -0.15) is 10.4 Å². The molecule has 3 aromatic rings. The van der Waals surface area contributed by atoms with Crippen molar-refractivity contribution >= 4 is 17.6 Å². The summed E-state index contributed by atoms with van der Waals surface area (Å²) in [7, 11) is 0. The van der Waals surface area contributed by atoms with Gasteiger partial charge in [-0.1, -0.05) is 26.0 Å². The molecule has 26 heavy (non-hydrogen) atoms. The quantitative estimate of drug-likeness (QED) is 0.609. The fraction of sp³-hybridized carbons (Fsp3) is 0.300. The SMILES string of the molecule is CCCN(CCC)c1ccnn2c(-c3cccc(C#N)c3)c(C=O)nc12. The molecule has 1 aromatic carbocycles. The largest absolute Gasteiger partial charge is 0.368 e. The first-order valence-corrected chi connectivity index (χ1v) is 8.81. The number of nitrogens with zero attached hydrogens (tertiary/aromatic N) is 5. The van der Waals surface area contributed by atoms with Crippen molar-refractivity contribution in [2.75, 3.05) is 18.0 Å². The Morgan fingerprint density at radius 3 is 2.65 bits per heavy atom. The van der Waals surface area contributed by atoms with Crippen LogP contribution in [0.3, 0.4) is 0 Å². The minimum Gasteiger partial charge on any atom is -0.368 e. The van der Waals surface area contributed by atoms with Crippen molar-refractivity contribution in [1.82, 2.24) is 14.6 Å². The van der Waals surface area contributed by atoms with E-state index in [1.54, 1.807) is 28.9 Å². The molecule has 0 spiro atoms. The van der Waals surface area contributed by atoms with Gasteiger partial charge in [0.15, 0.2) is 11.9 Å². The highest BCUT2D eigenvalue weighted by Crippen LogP contribution is 2.29. The van der Waals surface area contributed by atoms with E-state index >= 15 is 0 Å². The van der Waals surface area contributed by atoms with Crippen LogP contribution in [0.25, 0.3) is 16.9 Å². The van der Waals surface area contributed by atoms with Crippen molar-refractivity contribution in [3.05, 3.63) is 47.8 Å². The number of hydrogen-bond acceptors (Lipinski definition) is 5. The van der Waals surface area contributed by atoms with Gasteiger partial charge in [0.05, 0.1) is 23.5 Å². The van der Waals surface area contributed by atoms with E-state index in [9.17, 15) is 10.1 Å². The second-order valence-corrected chi connectivity index (χ2v) is 6.10. The molecule has 0 aliphatic carbocycles. The van der Waals surface area contributed by atoms with E-state index in [1.807, 2.05) is 12.1 Å². The summed E-state index contributed by atoms with van der Waals surface area (Å²) in [5.41, 5.74) is 3.85. The van der Waals surface area contributed by atoms with Crippen LogP contribution in [0.5, 0.6) is 0 Å². The van der Waals surface area contributed by atoms with E-state index in [2.05, 4.69) is 34.9 Å². The van der Waals surface area contributed by atoms with Crippen molar-refractivity contribution in [3.8, 4) is 17.3 Å². The van der Waals surface area contributed by atoms with E-state index in [-0.39, 0.29) is 0 Å². The van der Waals surface area contributed by atoms with Gasteiger partial charge in [-0.05, 0) is 31.0 Å². The zero-order valence-electron chi connectivity index (χ0n) is 15.0. The number of carbonyl (C=O) groups excluding carboxylic acids is 1. The molecule has 6 nitrogen and oxygen atoms in total. The highest BCUT2D eigenvalue weighted by molar-refractivity contribution is 5.88. The van der Waals surface area contributed by atoms with Gasteiger partial charge in [-0.15, -0.1) is 0 Å². The third kappa shape index (κ3) is 3.16. The monoisotopic (exact) mass is 347 g/mol. The Labute approximate surface area is 152 Å². The first-order valence-electron chi connectivity index (χ1n) is 8.81. The van der Waals surface area contributed by atoms with Crippen LogP contribution in [0.1, 0.15) is 42.7 Å². The summed E-state index contributed by atoms with van der Waals surface area (Å²) in [5, 5.41) is 13.6. The Morgan fingerprint density at radius 2 is 2.00 bits per heavy atom. The van der Waals surface area contributed by atoms with Gasteiger partial charge < -0.3 is 4.90 Å². The number of aldehydes is 1. The Hall–Kier alpha value is -3.20. The number of hydrogen-bond donors (Lipinski definition) is 0. The lowest BCUT2D eigenvalue weighted by Crippen LogP contribution is -2.25. The summed E-state index contributed by atoms with van der Waals surface area (Å²) in [6.07, 6.45) is 4.52. The maximum atomic E-state index is 11.7. The molecule has 0 saturated carbocycles. The van der Waals surface area contributed by atoms with Gasteiger partial charge >= 0.3 is 0 Å². The molecule has 0 atom stereocenters. The fourth-order valence-electron chi connectivity index (χ4n) is 3.18. The number of rotatable bonds is 7. The molecule has 6 heteroatoms. The molecule has 0 aliphatic rings. The average Bonchev–Trinajstić information content (AvgIpc) is 3.06. The lowest BCUT2D eigenvalue weighted by Gasteiger charge is -2.23. The van der Waals surface area contributed by atoms with E-state index in [0.717, 1.165) is 43.5 Å². The maximum absolute atomic E-state index is 11.7. The zero-order chi connectivity index (χ0) is 18.5. The molecule has 0 saturated heterocycles. The van der Waals surface area contributed by atoms with Crippen molar-refractivity contribution in [2.24, 2.45) is 0 Å². The molecular formula is C20H21N5O. The Morgan fingerprint density at radius 1 is 1.23 bits per heavy atom. The predicted octanol–water partition coefficient (Wildman–Crippen LogP) is 3.71. The maximum Gasteiger partial charge on any atom is 0.178 e. The Bertz CT molecular complexity index is 964. The number of nitriles is 1. The molecule has 2 heterocycles. The summed E-state index contributed by atoms with van der Waals surface area (Å²) in [6, 6.07) is 11.2. The van der Waals surface area contributed by atoms with E-state index in [1.165, 1.54) is 0 Å².